The van der Waals surface area contributed by atoms with Gasteiger partial charge in [0, 0.05) is 31.5 Å². The van der Waals surface area contributed by atoms with E-state index in [2.05, 4.69) is 15.4 Å². The molecule has 0 saturated heterocycles. The first kappa shape index (κ1) is 12.3. The van der Waals surface area contributed by atoms with Crippen LogP contribution < -0.4 is 11.1 Å². The Bertz CT molecular complexity index is 576. The molecule has 3 N–H and O–H groups in total. The van der Waals surface area contributed by atoms with E-state index in [1.54, 1.807) is 30.2 Å². The first-order valence-corrected chi connectivity index (χ1v) is 5.57. The molecule has 0 radical (unpaired) electrons. The van der Waals surface area contributed by atoms with Crippen molar-refractivity contribution >= 4 is 11.7 Å². The highest BCUT2D eigenvalue weighted by atomic mass is 16.2. The predicted octanol–water partition coefficient (Wildman–Crippen LogP) is 0.835. The Balaban J connectivity index is 2.24. The number of amides is 1. The molecular formula is C12H15N5O. The molecule has 0 aliphatic heterocycles. The second kappa shape index (κ2) is 4.97. The fraction of sp³-hybridized carbons (Fsp3) is 0.250. The van der Waals surface area contributed by atoms with E-state index in [0.29, 0.717) is 18.1 Å². The highest BCUT2D eigenvalue weighted by Crippen LogP contribution is 2.13. The summed E-state index contributed by atoms with van der Waals surface area (Å²) in [6.45, 7) is 2.16. The van der Waals surface area contributed by atoms with Gasteiger partial charge in [0.05, 0.1) is 0 Å². The summed E-state index contributed by atoms with van der Waals surface area (Å²) in [6.07, 6.45) is 3.37. The van der Waals surface area contributed by atoms with Crippen LogP contribution in [0.15, 0.2) is 24.5 Å². The summed E-state index contributed by atoms with van der Waals surface area (Å²) >= 11 is 0. The van der Waals surface area contributed by atoms with Gasteiger partial charge in [-0.1, -0.05) is 6.07 Å². The third kappa shape index (κ3) is 2.38. The van der Waals surface area contributed by atoms with Crippen LogP contribution in [0.5, 0.6) is 0 Å². The van der Waals surface area contributed by atoms with Gasteiger partial charge in [-0.15, -0.1) is 0 Å². The van der Waals surface area contributed by atoms with Crippen molar-refractivity contribution in [2.75, 3.05) is 5.32 Å². The Hall–Kier alpha value is -2.21. The molecule has 6 heteroatoms. The number of nitrogens with two attached hydrogens (primary N) is 1. The average Bonchev–Trinajstić information content (AvgIpc) is 2.70. The minimum absolute atomic E-state index is 0.276. The molecule has 2 heterocycles. The lowest BCUT2D eigenvalue weighted by Crippen LogP contribution is -2.17. The molecule has 6 nitrogen and oxygen atoms in total. The summed E-state index contributed by atoms with van der Waals surface area (Å²) < 4.78 is 1.61. The maximum atomic E-state index is 12.0. The standard InChI is InChI=1S/C12H15N5O/c1-8-4-3-5-14-10(8)12(18)15-11-9(6-13)7-17(2)16-11/h3-5,7H,6,13H2,1-2H3,(H,15,16,18). The number of rotatable bonds is 3. The molecular weight excluding hydrogens is 230 g/mol. The van der Waals surface area contributed by atoms with E-state index in [1.807, 2.05) is 13.0 Å². The third-order valence-corrected chi connectivity index (χ3v) is 2.58. The van der Waals surface area contributed by atoms with E-state index in [4.69, 9.17) is 5.73 Å². The molecule has 0 aromatic carbocycles. The highest BCUT2D eigenvalue weighted by Gasteiger charge is 2.14. The van der Waals surface area contributed by atoms with E-state index < -0.39 is 0 Å². The molecule has 1 amide bonds. The molecule has 94 valence electrons. The Morgan fingerprint density at radius 1 is 1.56 bits per heavy atom. The molecule has 0 spiro atoms. The van der Waals surface area contributed by atoms with Gasteiger partial charge in [-0.3, -0.25) is 14.5 Å². The van der Waals surface area contributed by atoms with Crippen LogP contribution in [0, 0.1) is 6.92 Å². The van der Waals surface area contributed by atoms with Gasteiger partial charge in [-0.25, -0.2) is 0 Å². The van der Waals surface area contributed by atoms with Crippen molar-refractivity contribution < 1.29 is 4.79 Å². The number of carbonyl (C=O) groups excluding carboxylic acids is 1. The fourth-order valence-corrected chi connectivity index (χ4v) is 1.68. The Morgan fingerprint density at radius 2 is 2.33 bits per heavy atom. The lowest BCUT2D eigenvalue weighted by atomic mass is 10.2. The van der Waals surface area contributed by atoms with Crippen LogP contribution in [-0.4, -0.2) is 20.7 Å². The number of hydrogen-bond donors (Lipinski definition) is 2. The zero-order valence-corrected chi connectivity index (χ0v) is 10.3. The van der Waals surface area contributed by atoms with Crippen LogP contribution in [0.1, 0.15) is 21.6 Å². The average molecular weight is 245 g/mol. The maximum Gasteiger partial charge on any atom is 0.275 e. The second-order valence-electron chi connectivity index (χ2n) is 4.00. The van der Waals surface area contributed by atoms with Crippen molar-refractivity contribution in [3.63, 3.8) is 0 Å². The van der Waals surface area contributed by atoms with Crippen molar-refractivity contribution in [1.82, 2.24) is 14.8 Å². The molecule has 0 aliphatic rings. The topological polar surface area (TPSA) is 85.8 Å². The number of hydrogen-bond acceptors (Lipinski definition) is 4. The molecule has 0 atom stereocenters. The van der Waals surface area contributed by atoms with Gasteiger partial charge in [0.15, 0.2) is 5.82 Å². The molecule has 2 rings (SSSR count). The van der Waals surface area contributed by atoms with Crippen LogP contribution in [-0.2, 0) is 13.6 Å². The SMILES string of the molecule is Cc1cccnc1C(=O)Nc1nn(C)cc1CN. The highest BCUT2D eigenvalue weighted by molar-refractivity contribution is 6.03. The van der Waals surface area contributed by atoms with E-state index >= 15 is 0 Å². The summed E-state index contributed by atoms with van der Waals surface area (Å²) in [5.41, 5.74) is 7.59. The van der Waals surface area contributed by atoms with Crippen LogP contribution in [0.3, 0.4) is 0 Å². The summed E-state index contributed by atoms with van der Waals surface area (Å²) in [5.74, 6) is 0.205. The van der Waals surface area contributed by atoms with Crippen molar-refractivity contribution in [3.8, 4) is 0 Å². The summed E-state index contributed by atoms with van der Waals surface area (Å²) in [4.78, 5) is 16.1. The Morgan fingerprint density at radius 3 is 3.00 bits per heavy atom. The fourth-order valence-electron chi connectivity index (χ4n) is 1.68. The summed E-state index contributed by atoms with van der Waals surface area (Å²) in [6, 6.07) is 3.63. The second-order valence-corrected chi connectivity index (χ2v) is 4.00. The molecule has 0 fully saturated rings. The zero-order chi connectivity index (χ0) is 13.1. The van der Waals surface area contributed by atoms with Crippen molar-refractivity contribution in [3.05, 3.63) is 41.3 Å². The molecule has 0 unspecified atom stereocenters. The minimum atomic E-state index is -0.276. The van der Waals surface area contributed by atoms with E-state index in [9.17, 15) is 4.79 Å². The normalized spacial score (nSPS) is 10.4. The number of aromatic nitrogens is 3. The summed E-state index contributed by atoms with van der Waals surface area (Å²) in [5, 5.41) is 6.88. The van der Waals surface area contributed by atoms with E-state index in [0.717, 1.165) is 11.1 Å². The number of nitrogens with one attached hydrogen (secondary N) is 1. The zero-order valence-electron chi connectivity index (χ0n) is 10.3. The Labute approximate surface area is 105 Å². The van der Waals surface area contributed by atoms with Gasteiger partial charge in [-0.05, 0) is 18.6 Å². The van der Waals surface area contributed by atoms with Gasteiger partial charge in [0.25, 0.3) is 5.91 Å². The van der Waals surface area contributed by atoms with Crippen LogP contribution in [0.25, 0.3) is 0 Å². The lowest BCUT2D eigenvalue weighted by molar-refractivity contribution is 0.102. The quantitative estimate of drug-likeness (QED) is 0.838. The van der Waals surface area contributed by atoms with Gasteiger partial charge in [0.2, 0.25) is 0 Å². The predicted molar refractivity (Wildman–Crippen MR) is 68.0 cm³/mol. The number of nitrogens with zero attached hydrogens (tertiary/aromatic N) is 3. The lowest BCUT2D eigenvalue weighted by Gasteiger charge is -2.05. The van der Waals surface area contributed by atoms with Crippen LogP contribution in [0.2, 0.25) is 0 Å². The number of anilines is 1. The monoisotopic (exact) mass is 245 g/mol. The molecule has 0 saturated carbocycles. The molecule has 0 bridgehead atoms. The van der Waals surface area contributed by atoms with Crippen molar-refractivity contribution in [2.45, 2.75) is 13.5 Å². The number of pyridine rings is 1. The molecule has 2 aromatic rings. The molecule has 2 aromatic heterocycles. The van der Waals surface area contributed by atoms with Crippen LogP contribution >= 0.6 is 0 Å². The van der Waals surface area contributed by atoms with Gasteiger partial charge < -0.3 is 11.1 Å². The van der Waals surface area contributed by atoms with Gasteiger partial charge in [0.1, 0.15) is 5.69 Å². The van der Waals surface area contributed by atoms with Gasteiger partial charge in [-0.2, -0.15) is 5.10 Å². The first-order valence-electron chi connectivity index (χ1n) is 5.57. The Kier molecular flexibility index (Phi) is 3.38. The maximum absolute atomic E-state index is 12.0. The smallest absolute Gasteiger partial charge is 0.275 e. The summed E-state index contributed by atoms with van der Waals surface area (Å²) in [7, 11) is 1.78. The first-order chi connectivity index (χ1) is 8.61. The third-order valence-electron chi connectivity index (χ3n) is 2.58. The van der Waals surface area contributed by atoms with Gasteiger partial charge >= 0.3 is 0 Å². The van der Waals surface area contributed by atoms with Crippen molar-refractivity contribution in [1.29, 1.82) is 0 Å². The number of aryl methyl sites for hydroxylation is 2. The minimum Gasteiger partial charge on any atom is -0.326 e. The largest absolute Gasteiger partial charge is 0.326 e. The van der Waals surface area contributed by atoms with Crippen molar-refractivity contribution in [2.24, 2.45) is 12.8 Å². The van der Waals surface area contributed by atoms with E-state index in [-0.39, 0.29) is 5.91 Å². The molecule has 0 aliphatic carbocycles. The number of carbonyl (C=O) groups is 1. The van der Waals surface area contributed by atoms with Crippen LogP contribution in [0.4, 0.5) is 5.82 Å². The molecule has 18 heavy (non-hydrogen) atoms. The van der Waals surface area contributed by atoms with E-state index in [1.165, 1.54) is 0 Å².